The molecule has 1 aliphatic heterocycles. The molecule has 164 valence electrons. The Bertz CT molecular complexity index is 1240. The maximum Gasteiger partial charge on any atom is 0.326 e. The molecule has 5 rings (SSSR count). The molecule has 32 heavy (non-hydrogen) atoms. The first-order chi connectivity index (χ1) is 15.7. The first-order valence-corrected chi connectivity index (χ1v) is 11.0. The van der Waals surface area contributed by atoms with Crippen molar-refractivity contribution in [2.75, 3.05) is 24.5 Å². The zero-order valence-electron chi connectivity index (χ0n) is 17.8. The Hall–Kier alpha value is -3.58. The number of carbonyl (C=O) groups excluding carboxylic acids is 1. The number of rotatable bonds is 6. The summed E-state index contributed by atoms with van der Waals surface area (Å²) in [6.07, 6.45) is 3.29. The lowest BCUT2D eigenvalue weighted by Gasteiger charge is -2.33. The zero-order valence-corrected chi connectivity index (χ0v) is 17.8. The molecule has 1 N–H and O–H groups in total. The number of nitrogens with zero attached hydrogens (tertiary/aromatic N) is 3. The van der Waals surface area contributed by atoms with E-state index in [-0.39, 0.29) is 17.6 Å². The standard InChI is InChI=1S/C25H26N4O3/c30-24(28(17-21-9-6-16-32-21)19-7-2-1-3-8-19)18-27-14-12-20(13-15-27)29-23-11-5-4-10-22(23)26-25(29)31/h1-11,16,20H,12-15,17-18H2,(H,26,31). The molecule has 0 unspecified atom stereocenters. The smallest absolute Gasteiger partial charge is 0.326 e. The van der Waals surface area contributed by atoms with Crippen LogP contribution in [-0.2, 0) is 11.3 Å². The second-order valence-corrected chi connectivity index (χ2v) is 8.22. The Morgan fingerprint density at radius 2 is 1.75 bits per heavy atom. The summed E-state index contributed by atoms with van der Waals surface area (Å²) in [5, 5.41) is 0. The lowest BCUT2D eigenvalue weighted by atomic mass is 10.0. The van der Waals surface area contributed by atoms with Crippen LogP contribution in [0.5, 0.6) is 0 Å². The molecule has 3 heterocycles. The highest BCUT2D eigenvalue weighted by Crippen LogP contribution is 2.25. The molecule has 0 radical (unpaired) electrons. The van der Waals surface area contributed by atoms with E-state index in [1.54, 1.807) is 11.2 Å². The largest absolute Gasteiger partial charge is 0.467 e. The van der Waals surface area contributed by atoms with Crippen molar-refractivity contribution in [2.45, 2.75) is 25.4 Å². The van der Waals surface area contributed by atoms with E-state index in [1.807, 2.05) is 71.3 Å². The first kappa shape index (κ1) is 20.3. The van der Waals surface area contributed by atoms with Crippen LogP contribution in [-0.4, -0.2) is 40.0 Å². The first-order valence-electron chi connectivity index (χ1n) is 11.0. The van der Waals surface area contributed by atoms with E-state index in [2.05, 4.69) is 9.88 Å². The monoisotopic (exact) mass is 430 g/mol. The van der Waals surface area contributed by atoms with E-state index in [0.717, 1.165) is 48.4 Å². The number of piperidine rings is 1. The molecule has 0 bridgehead atoms. The van der Waals surface area contributed by atoms with Crippen LogP contribution >= 0.6 is 0 Å². The number of aromatic nitrogens is 2. The van der Waals surface area contributed by atoms with Gasteiger partial charge in [-0.15, -0.1) is 0 Å². The minimum Gasteiger partial charge on any atom is -0.467 e. The molecule has 0 atom stereocenters. The van der Waals surface area contributed by atoms with Gasteiger partial charge in [-0.05, 0) is 49.2 Å². The van der Waals surface area contributed by atoms with Crippen LogP contribution in [0.4, 0.5) is 5.69 Å². The van der Waals surface area contributed by atoms with Crippen LogP contribution in [0.1, 0.15) is 24.6 Å². The van der Waals surface area contributed by atoms with Crippen molar-refractivity contribution in [3.05, 3.63) is 89.2 Å². The Morgan fingerprint density at radius 3 is 2.50 bits per heavy atom. The second kappa shape index (κ2) is 8.88. The predicted molar refractivity (Wildman–Crippen MR) is 124 cm³/mol. The SMILES string of the molecule is O=C(CN1CCC(n2c(=O)[nH]c3ccccc32)CC1)N(Cc1ccco1)c1ccccc1. The van der Waals surface area contributed by atoms with E-state index in [4.69, 9.17) is 4.42 Å². The van der Waals surface area contributed by atoms with Crippen LogP contribution in [0.3, 0.4) is 0 Å². The number of carbonyl (C=O) groups is 1. The summed E-state index contributed by atoms with van der Waals surface area (Å²) in [5.41, 5.74) is 2.61. The van der Waals surface area contributed by atoms with Gasteiger partial charge in [0.25, 0.3) is 0 Å². The molecule has 1 fully saturated rings. The van der Waals surface area contributed by atoms with Crippen molar-refractivity contribution < 1.29 is 9.21 Å². The third kappa shape index (κ3) is 4.11. The number of hydrogen-bond acceptors (Lipinski definition) is 4. The highest BCUT2D eigenvalue weighted by atomic mass is 16.3. The van der Waals surface area contributed by atoms with Crippen molar-refractivity contribution in [1.29, 1.82) is 0 Å². The van der Waals surface area contributed by atoms with Crippen LogP contribution in [0, 0.1) is 0 Å². The predicted octanol–water partition coefficient (Wildman–Crippen LogP) is 3.79. The van der Waals surface area contributed by atoms with Crippen molar-refractivity contribution >= 4 is 22.6 Å². The van der Waals surface area contributed by atoms with Crippen LogP contribution in [0.25, 0.3) is 11.0 Å². The van der Waals surface area contributed by atoms with E-state index in [0.29, 0.717) is 13.1 Å². The summed E-state index contributed by atoms with van der Waals surface area (Å²) >= 11 is 0. The van der Waals surface area contributed by atoms with Gasteiger partial charge in [0.2, 0.25) is 5.91 Å². The van der Waals surface area contributed by atoms with Crippen LogP contribution in [0.15, 0.2) is 82.2 Å². The van der Waals surface area contributed by atoms with Gasteiger partial charge >= 0.3 is 5.69 Å². The topological polar surface area (TPSA) is 74.5 Å². The van der Waals surface area contributed by atoms with Gasteiger partial charge in [-0.25, -0.2) is 4.79 Å². The number of furan rings is 1. The molecule has 0 aliphatic carbocycles. The van der Waals surface area contributed by atoms with Crippen molar-refractivity contribution in [2.24, 2.45) is 0 Å². The molecule has 7 heteroatoms. The van der Waals surface area contributed by atoms with Gasteiger partial charge < -0.3 is 14.3 Å². The number of amides is 1. The molecule has 2 aromatic heterocycles. The number of likely N-dealkylation sites (tertiary alicyclic amines) is 1. The molecule has 1 aliphatic rings. The minimum atomic E-state index is -0.0607. The average Bonchev–Trinajstić information content (AvgIpc) is 3.45. The van der Waals surface area contributed by atoms with Crippen LogP contribution in [0.2, 0.25) is 0 Å². The fourth-order valence-corrected chi connectivity index (χ4v) is 4.54. The van der Waals surface area contributed by atoms with Crippen molar-refractivity contribution in [1.82, 2.24) is 14.5 Å². The maximum atomic E-state index is 13.3. The summed E-state index contributed by atoms with van der Waals surface area (Å²) < 4.78 is 7.36. The molecule has 4 aromatic rings. The Kier molecular flexibility index (Phi) is 5.64. The van der Waals surface area contributed by atoms with Gasteiger partial charge in [0.15, 0.2) is 0 Å². The van der Waals surface area contributed by atoms with Gasteiger partial charge in [-0.3, -0.25) is 14.3 Å². The van der Waals surface area contributed by atoms with Crippen molar-refractivity contribution in [3.63, 3.8) is 0 Å². The normalized spacial score (nSPS) is 15.2. The number of aromatic amines is 1. The van der Waals surface area contributed by atoms with E-state index < -0.39 is 0 Å². The lowest BCUT2D eigenvalue weighted by Crippen LogP contribution is -2.44. The van der Waals surface area contributed by atoms with E-state index in [9.17, 15) is 9.59 Å². The third-order valence-electron chi connectivity index (χ3n) is 6.17. The Labute approximate surface area is 185 Å². The van der Waals surface area contributed by atoms with Crippen molar-refractivity contribution in [3.8, 4) is 0 Å². The highest BCUT2D eigenvalue weighted by molar-refractivity contribution is 5.94. The molecule has 7 nitrogen and oxygen atoms in total. The number of H-pyrrole nitrogens is 1. The average molecular weight is 431 g/mol. The van der Waals surface area contributed by atoms with Gasteiger partial charge in [0.1, 0.15) is 5.76 Å². The molecule has 1 amide bonds. The summed E-state index contributed by atoms with van der Waals surface area (Å²) in [6, 6.07) is 21.3. The van der Waals surface area contributed by atoms with E-state index >= 15 is 0 Å². The number of hydrogen-bond donors (Lipinski definition) is 1. The van der Waals surface area contributed by atoms with Gasteiger partial charge in [0, 0.05) is 24.8 Å². The molecule has 1 saturated heterocycles. The summed E-state index contributed by atoms with van der Waals surface area (Å²) in [7, 11) is 0. The summed E-state index contributed by atoms with van der Waals surface area (Å²) in [4.78, 5) is 32.7. The highest BCUT2D eigenvalue weighted by Gasteiger charge is 2.26. The fourth-order valence-electron chi connectivity index (χ4n) is 4.54. The van der Waals surface area contributed by atoms with Gasteiger partial charge in [-0.2, -0.15) is 0 Å². The number of benzene rings is 2. The number of anilines is 1. The lowest BCUT2D eigenvalue weighted by molar-refractivity contribution is -0.120. The second-order valence-electron chi connectivity index (χ2n) is 8.22. The molecule has 2 aromatic carbocycles. The molecule has 0 saturated carbocycles. The quantitative estimate of drug-likeness (QED) is 0.505. The van der Waals surface area contributed by atoms with E-state index in [1.165, 1.54) is 0 Å². The number of nitrogens with one attached hydrogen (secondary N) is 1. The summed E-state index contributed by atoms with van der Waals surface area (Å²) in [6.45, 7) is 2.28. The number of fused-ring (bicyclic) bond motifs is 1. The number of para-hydroxylation sites is 3. The third-order valence-corrected chi connectivity index (χ3v) is 6.17. The Morgan fingerprint density at radius 1 is 1.00 bits per heavy atom. The summed E-state index contributed by atoms with van der Waals surface area (Å²) in [5.74, 6) is 0.787. The Balaban J connectivity index is 1.27. The molecule has 0 spiro atoms. The van der Waals surface area contributed by atoms with Crippen LogP contribution < -0.4 is 10.6 Å². The van der Waals surface area contributed by atoms with Gasteiger partial charge in [0.05, 0.1) is 30.4 Å². The maximum absolute atomic E-state index is 13.3. The van der Waals surface area contributed by atoms with Gasteiger partial charge in [-0.1, -0.05) is 30.3 Å². The zero-order chi connectivity index (χ0) is 21.9. The fraction of sp³-hybridized carbons (Fsp3) is 0.280. The minimum absolute atomic E-state index is 0.0373. The molecular weight excluding hydrogens is 404 g/mol. The molecular formula is C25H26N4O3. The number of imidazole rings is 1.